The van der Waals surface area contributed by atoms with Crippen molar-refractivity contribution in [1.82, 2.24) is 5.43 Å². The van der Waals surface area contributed by atoms with E-state index in [1.54, 1.807) is 18.2 Å². The van der Waals surface area contributed by atoms with Gasteiger partial charge in [-0.3, -0.25) is 9.59 Å². The molecule has 2 aromatic rings. The van der Waals surface area contributed by atoms with Crippen molar-refractivity contribution in [2.75, 3.05) is 11.9 Å². The van der Waals surface area contributed by atoms with Crippen LogP contribution in [0, 0.1) is 0 Å². The Kier molecular flexibility index (Phi) is 8.40. The van der Waals surface area contributed by atoms with Gasteiger partial charge >= 0.3 is 6.18 Å². The SMILES string of the molecule is CCCCOc1ccccc1C=NNC(=O)CC(=O)Nc1cccc(C(F)(F)F)c1. The lowest BCUT2D eigenvalue weighted by atomic mass is 10.2. The highest BCUT2D eigenvalue weighted by Crippen LogP contribution is 2.30. The number of hydrogen-bond donors (Lipinski definition) is 2. The second kappa shape index (κ2) is 11.0. The molecule has 0 aliphatic carbocycles. The van der Waals surface area contributed by atoms with Crippen molar-refractivity contribution in [3.63, 3.8) is 0 Å². The Hall–Kier alpha value is -3.36. The van der Waals surface area contributed by atoms with E-state index < -0.39 is 30.0 Å². The van der Waals surface area contributed by atoms with Gasteiger partial charge in [0.1, 0.15) is 12.2 Å². The highest BCUT2D eigenvalue weighted by molar-refractivity contribution is 6.03. The number of benzene rings is 2. The smallest absolute Gasteiger partial charge is 0.416 e. The summed E-state index contributed by atoms with van der Waals surface area (Å²) in [5, 5.41) is 6.06. The molecular formula is C21H22F3N3O3. The normalized spacial score (nSPS) is 11.3. The number of rotatable bonds is 9. The first-order valence-corrected chi connectivity index (χ1v) is 9.30. The fourth-order valence-electron chi connectivity index (χ4n) is 2.38. The highest BCUT2D eigenvalue weighted by Gasteiger charge is 2.30. The molecule has 0 aromatic heterocycles. The van der Waals surface area contributed by atoms with Crippen LogP contribution in [0.15, 0.2) is 53.6 Å². The molecule has 2 rings (SSSR count). The van der Waals surface area contributed by atoms with Gasteiger partial charge in [-0.1, -0.05) is 31.5 Å². The molecule has 9 heteroatoms. The number of ether oxygens (including phenoxy) is 1. The van der Waals surface area contributed by atoms with Gasteiger partial charge in [0.15, 0.2) is 0 Å². The van der Waals surface area contributed by atoms with E-state index in [1.165, 1.54) is 18.3 Å². The van der Waals surface area contributed by atoms with Crippen LogP contribution in [0.3, 0.4) is 0 Å². The Labute approximate surface area is 172 Å². The van der Waals surface area contributed by atoms with Gasteiger partial charge in [0.25, 0.3) is 0 Å². The van der Waals surface area contributed by atoms with Crippen molar-refractivity contribution in [2.45, 2.75) is 32.4 Å². The number of nitrogens with one attached hydrogen (secondary N) is 2. The third kappa shape index (κ3) is 7.57. The van der Waals surface area contributed by atoms with Crippen LogP contribution >= 0.6 is 0 Å². The number of carbonyl (C=O) groups is 2. The van der Waals surface area contributed by atoms with E-state index in [-0.39, 0.29) is 5.69 Å². The van der Waals surface area contributed by atoms with E-state index in [9.17, 15) is 22.8 Å². The molecule has 0 heterocycles. The van der Waals surface area contributed by atoms with Crippen LogP contribution in [0.2, 0.25) is 0 Å². The maximum atomic E-state index is 12.7. The van der Waals surface area contributed by atoms with E-state index in [1.807, 2.05) is 6.07 Å². The monoisotopic (exact) mass is 421 g/mol. The highest BCUT2D eigenvalue weighted by atomic mass is 19.4. The molecule has 0 atom stereocenters. The number of amides is 2. The summed E-state index contributed by atoms with van der Waals surface area (Å²) in [6.07, 6.45) is -1.83. The molecule has 0 aliphatic rings. The van der Waals surface area contributed by atoms with Crippen molar-refractivity contribution in [3.8, 4) is 5.75 Å². The van der Waals surface area contributed by atoms with Crippen LogP contribution in [0.1, 0.15) is 37.3 Å². The molecule has 0 saturated heterocycles. The van der Waals surface area contributed by atoms with Gasteiger partial charge in [0.2, 0.25) is 11.8 Å². The Morgan fingerprint density at radius 3 is 2.60 bits per heavy atom. The topological polar surface area (TPSA) is 79.8 Å². The van der Waals surface area contributed by atoms with Crippen molar-refractivity contribution < 1.29 is 27.5 Å². The standard InChI is InChI=1S/C21H22F3N3O3/c1-2-3-11-30-18-10-5-4-7-15(18)14-25-27-20(29)13-19(28)26-17-9-6-8-16(12-17)21(22,23)24/h4-10,12,14H,2-3,11,13H2,1H3,(H,26,28)(H,27,29). The van der Waals surface area contributed by atoms with Gasteiger partial charge in [-0.2, -0.15) is 18.3 Å². The van der Waals surface area contributed by atoms with Crippen LogP contribution in [-0.2, 0) is 15.8 Å². The van der Waals surface area contributed by atoms with E-state index in [0.717, 1.165) is 25.0 Å². The molecule has 0 spiro atoms. The van der Waals surface area contributed by atoms with Crippen LogP contribution in [0.4, 0.5) is 18.9 Å². The minimum absolute atomic E-state index is 0.0516. The summed E-state index contributed by atoms with van der Waals surface area (Å²) in [6.45, 7) is 2.61. The number of para-hydroxylation sites is 1. The number of anilines is 1. The number of carbonyl (C=O) groups excluding carboxylic acids is 2. The van der Waals surface area contributed by atoms with Gasteiger partial charge in [0, 0.05) is 11.3 Å². The molecule has 0 unspecified atom stereocenters. The number of hydrogen-bond acceptors (Lipinski definition) is 4. The molecule has 0 aliphatic heterocycles. The van der Waals surface area contributed by atoms with Crippen LogP contribution < -0.4 is 15.5 Å². The lowest BCUT2D eigenvalue weighted by Gasteiger charge is -2.09. The van der Waals surface area contributed by atoms with Crippen molar-refractivity contribution >= 4 is 23.7 Å². The zero-order valence-electron chi connectivity index (χ0n) is 16.3. The van der Waals surface area contributed by atoms with E-state index in [2.05, 4.69) is 22.8 Å². The third-order valence-corrected chi connectivity index (χ3v) is 3.86. The number of hydrazone groups is 1. The largest absolute Gasteiger partial charge is 0.493 e. The van der Waals surface area contributed by atoms with Gasteiger partial charge in [-0.05, 0) is 36.8 Å². The first kappa shape index (κ1) is 22.9. The quantitative estimate of drug-likeness (QED) is 0.273. The number of alkyl halides is 3. The molecule has 0 fully saturated rings. The molecule has 0 bridgehead atoms. The predicted molar refractivity (Wildman–Crippen MR) is 107 cm³/mol. The third-order valence-electron chi connectivity index (χ3n) is 3.86. The molecule has 160 valence electrons. The van der Waals surface area contributed by atoms with Crippen molar-refractivity contribution in [1.29, 1.82) is 0 Å². The zero-order valence-corrected chi connectivity index (χ0v) is 16.3. The predicted octanol–water partition coefficient (Wildman–Crippen LogP) is 4.36. The number of halogens is 3. The fourth-order valence-corrected chi connectivity index (χ4v) is 2.38. The Balaban J connectivity index is 1.87. The van der Waals surface area contributed by atoms with E-state index >= 15 is 0 Å². The molecular weight excluding hydrogens is 399 g/mol. The second-order valence-electron chi connectivity index (χ2n) is 6.34. The maximum absolute atomic E-state index is 12.7. The summed E-state index contributed by atoms with van der Waals surface area (Å²) in [7, 11) is 0. The summed E-state index contributed by atoms with van der Waals surface area (Å²) in [5.74, 6) is -0.850. The van der Waals surface area contributed by atoms with Gasteiger partial charge in [-0.25, -0.2) is 5.43 Å². The number of nitrogens with zero attached hydrogens (tertiary/aromatic N) is 1. The van der Waals surface area contributed by atoms with Crippen LogP contribution in [0.25, 0.3) is 0 Å². The first-order chi connectivity index (χ1) is 14.3. The Morgan fingerprint density at radius 1 is 1.10 bits per heavy atom. The zero-order chi connectivity index (χ0) is 22.0. The van der Waals surface area contributed by atoms with E-state index in [0.29, 0.717) is 17.9 Å². The fraction of sp³-hybridized carbons (Fsp3) is 0.286. The molecule has 0 saturated carbocycles. The molecule has 2 amide bonds. The summed E-state index contributed by atoms with van der Waals surface area (Å²) < 4.78 is 43.8. The minimum Gasteiger partial charge on any atom is -0.493 e. The lowest BCUT2D eigenvalue weighted by Crippen LogP contribution is -2.24. The summed E-state index contributed by atoms with van der Waals surface area (Å²) in [6, 6.07) is 11.3. The molecule has 6 nitrogen and oxygen atoms in total. The van der Waals surface area contributed by atoms with Crippen molar-refractivity contribution in [3.05, 3.63) is 59.7 Å². The van der Waals surface area contributed by atoms with Crippen molar-refractivity contribution in [2.24, 2.45) is 5.10 Å². The summed E-state index contributed by atoms with van der Waals surface area (Å²) >= 11 is 0. The second-order valence-corrected chi connectivity index (χ2v) is 6.34. The van der Waals surface area contributed by atoms with Crippen LogP contribution in [-0.4, -0.2) is 24.6 Å². The minimum atomic E-state index is -4.52. The van der Waals surface area contributed by atoms with Crippen LogP contribution in [0.5, 0.6) is 5.75 Å². The average molecular weight is 421 g/mol. The summed E-state index contributed by atoms with van der Waals surface area (Å²) in [5.41, 5.74) is 1.92. The van der Waals surface area contributed by atoms with Gasteiger partial charge in [-0.15, -0.1) is 0 Å². The average Bonchev–Trinajstić information content (AvgIpc) is 2.68. The maximum Gasteiger partial charge on any atom is 0.416 e. The molecule has 30 heavy (non-hydrogen) atoms. The number of unbranched alkanes of at least 4 members (excludes halogenated alkanes) is 1. The lowest BCUT2D eigenvalue weighted by molar-refractivity contribution is -0.137. The molecule has 0 radical (unpaired) electrons. The first-order valence-electron chi connectivity index (χ1n) is 9.30. The molecule has 2 N–H and O–H groups in total. The van der Waals surface area contributed by atoms with Gasteiger partial charge < -0.3 is 10.1 Å². The van der Waals surface area contributed by atoms with E-state index in [4.69, 9.17) is 4.74 Å². The molecule has 2 aromatic carbocycles. The van der Waals surface area contributed by atoms with Gasteiger partial charge in [0.05, 0.1) is 18.4 Å². The summed E-state index contributed by atoms with van der Waals surface area (Å²) in [4.78, 5) is 23.8. The Morgan fingerprint density at radius 2 is 1.87 bits per heavy atom. The Bertz CT molecular complexity index is 898.